The van der Waals surface area contributed by atoms with Gasteiger partial charge in [0, 0.05) is 18.3 Å². The van der Waals surface area contributed by atoms with Crippen molar-refractivity contribution < 1.29 is 15.3 Å². The molecular weight excluding hydrogens is 218 g/mol. The highest BCUT2D eigenvalue weighted by Crippen LogP contribution is 2.39. The molecule has 0 aliphatic carbocycles. The number of benzene rings is 2. The van der Waals surface area contributed by atoms with E-state index in [1.54, 1.807) is 0 Å². The van der Waals surface area contributed by atoms with Gasteiger partial charge in [-0.3, -0.25) is 0 Å². The molecule has 0 aliphatic rings. The fourth-order valence-electron chi connectivity index (χ4n) is 1.40. The third-order valence-corrected chi connectivity index (χ3v) is 2.20. The molecule has 17 heavy (non-hydrogen) atoms. The summed E-state index contributed by atoms with van der Waals surface area (Å²) in [4.78, 5) is 3.98. The molecule has 0 amide bonds. The number of phenolic OH excluding ortho intramolecular Hbond substituents is 3. The predicted octanol–water partition coefficient (Wildman–Crippen LogP) is 2.55. The number of hydrogen-bond donors (Lipinski definition) is 3. The van der Waals surface area contributed by atoms with E-state index in [1.807, 2.05) is 30.3 Å². The quantitative estimate of drug-likeness (QED) is 0.693. The third kappa shape index (κ3) is 2.55. The van der Waals surface area contributed by atoms with E-state index in [9.17, 15) is 10.2 Å². The number of aliphatic imine (C=N–C) groups is 1. The van der Waals surface area contributed by atoms with Crippen LogP contribution in [0, 0.1) is 0 Å². The maximum absolute atomic E-state index is 9.52. The van der Waals surface area contributed by atoms with Crippen molar-refractivity contribution in [2.45, 2.75) is 0 Å². The number of rotatable bonds is 2. The third-order valence-electron chi connectivity index (χ3n) is 2.20. The van der Waals surface area contributed by atoms with Crippen LogP contribution in [0.15, 0.2) is 47.5 Å². The van der Waals surface area contributed by atoms with E-state index in [4.69, 9.17) is 5.11 Å². The highest BCUT2D eigenvalue weighted by Gasteiger charge is 2.07. The van der Waals surface area contributed by atoms with Gasteiger partial charge in [-0.05, 0) is 5.56 Å². The molecule has 0 heterocycles. The largest absolute Gasteiger partial charge is 0.508 e. The Bertz CT molecular complexity index is 527. The summed E-state index contributed by atoms with van der Waals surface area (Å²) in [7, 11) is 0. The van der Waals surface area contributed by atoms with Gasteiger partial charge in [0.05, 0.1) is 0 Å². The second-order valence-corrected chi connectivity index (χ2v) is 3.50. The summed E-state index contributed by atoms with van der Waals surface area (Å²) in [6, 6.07) is 11.5. The van der Waals surface area contributed by atoms with Crippen molar-refractivity contribution in [3.63, 3.8) is 0 Å². The van der Waals surface area contributed by atoms with Gasteiger partial charge in [0.25, 0.3) is 0 Å². The van der Waals surface area contributed by atoms with E-state index in [1.165, 1.54) is 6.21 Å². The molecule has 2 aromatic rings. The van der Waals surface area contributed by atoms with E-state index < -0.39 is 0 Å². The lowest BCUT2D eigenvalue weighted by molar-refractivity contribution is 0.430. The first-order valence-electron chi connectivity index (χ1n) is 5.01. The van der Waals surface area contributed by atoms with E-state index >= 15 is 0 Å². The first-order chi connectivity index (χ1) is 8.16. The molecule has 2 aromatic carbocycles. The highest BCUT2D eigenvalue weighted by molar-refractivity contribution is 5.83. The number of nitrogens with zero attached hydrogens (tertiary/aromatic N) is 1. The molecule has 86 valence electrons. The molecule has 4 nitrogen and oxygen atoms in total. The van der Waals surface area contributed by atoms with Gasteiger partial charge in [-0.15, -0.1) is 0 Å². The van der Waals surface area contributed by atoms with Crippen LogP contribution in [0.25, 0.3) is 0 Å². The van der Waals surface area contributed by atoms with Crippen LogP contribution >= 0.6 is 0 Å². The monoisotopic (exact) mass is 229 g/mol. The van der Waals surface area contributed by atoms with Gasteiger partial charge in [-0.2, -0.15) is 0 Å². The minimum atomic E-state index is -0.269. The Kier molecular flexibility index (Phi) is 2.96. The summed E-state index contributed by atoms with van der Waals surface area (Å²) in [5, 5.41) is 28.2. The molecule has 0 aliphatic heterocycles. The standard InChI is InChI=1S/C13H11NO3/c15-10-6-11(16)13(12(17)7-10)14-8-9-4-2-1-3-5-9/h1-8,15-17H/b14-8+. The molecule has 0 saturated heterocycles. The molecule has 0 saturated carbocycles. The zero-order valence-corrected chi connectivity index (χ0v) is 8.91. The van der Waals surface area contributed by atoms with Gasteiger partial charge in [0.2, 0.25) is 0 Å². The maximum atomic E-state index is 9.52. The van der Waals surface area contributed by atoms with E-state index in [-0.39, 0.29) is 22.9 Å². The van der Waals surface area contributed by atoms with Gasteiger partial charge < -0.3 is 15.3 Å². The lowest BCUT2D eigenvalue weighted by atomic mass is 10.2. The molecule has 0 spiro atoms. The Labute approximate surface area is 98.1 Å². The molecule has 4 heteroatoms. The van der Waals surface area contributed by atoms with Gasteiger partial charge in [0.1, 0.15) is 22.9 Å². The summed E-state index contributed by atoms with van der Waals surface area (Å²) >= 11 is 0. The van der Waals surface area contributed by atoms with Gasteiger partial charge in [0.15, 0.2) is 0 Å². The lowest BCUT2D eigenvalue weighted by Gasteiger charge is -2.02. The summed E-state index contributed by atoms with van der Waals surface area (Å²) < 4.78 is 0. The SMILES string of the molecule is Oc1cc(O)c(/N=C/c2ccccc2)c(O)c1. The predicted molar refractivity (Wildman–Crippen MR) is 65.1 cm³/mol. The Morgan fingerprint density at radius 2 is 1.47 bits per heavy atom. The van der Waals surface area contributed by atoms with Crippen molar-refractivity contribution in [2.75, 3.05) is 0 Å². The van der Waals surface area contributed by atoms with Crippen molar-refractivity contribution in [3.8, 4) is 17.2 Å². The van der Waals surface area contributed by atoms with Crippen LogP contribution in [0.1, 0.15) is 5.56 Å². The fourth-order valence-corrected chi connectivity index (χ4v) is 1.40. The van der Waals surface area contributed by atoms with Crippen LogP contribution in [-0.4, -0.2) is 21.5 Å². The first-order valence-corrected chi connectivity index (χ1v) is 5.01. The van der Waals surface area contributed by atoms with Crippen LogP contribution in [-0.2, 0) is 0 Å². The molecule has 2 rings (SSSR count). The Morgan fingerprint density at radius 1 is 0.882 bits per heavy atom. The van der Waals surface area contributed by atoms with Crippen LogP contribution in [0.2, 0.25) is 0 Å². The molecule has 0 bridgehead atoms. The fraction of sp³-hybridized carbons (Fsp3) is 0. The van der Waals surface area contributed by atoms with E-state index in [2.05, 4.69) is 4.99 Å². The first kappa shape index (κ1) is 11.0. The summed E-state index contributed by atoms with van der Waals surface area (Å²) in [5.41, 5.74) is 0.881. The van der Waals surface area contributed by atoms with Gasteiger partial charge in [-0.1, -0.05) is 30.3 Å². The molecular formula is C13H11NO3. The van der Waals surface area contributed by atoms with Gasteiger partial charge >= 0.3 is 0 Å². The van der Waals surface area contributed by atoms with Crippen molar-refractivity contribution in [1.82, 2.24) is 0 Å². The number of aromatic hydroxyl groups is 3. The van der Waals surface area contributed by atoms with Gasteiger partial charge in [-0.25, -0.2) is 4.99 Å². The molecule has 0 radical (unpaired) electrons. The Balaban J connectivity index is 2.34. The average Bonchev–Trinajstić information content (AvgIpc) is 2.29. The molecule has 0 unspecified atom stereocenters. The Morgan fingerprint density at radius 3 is 2.06 bits per heavy atom. The molecule has 0 aromatic heterocycles. The second kappa shape index (κ2) is 4.57. The van der Waals surface area contributed by atoms with Crippen LogP contribution < -0.4 is 0 Å². The van der Waals surface area contributed by atoms with Crippen molar-refractivity contribution in [2.24, 2.45) is 4.99 Å². The van der Waals surface area contributed by atoms with Crippen molar-refractivity contribution in [3.05, 3.63) is 48.0 Å². The summed E-state index contributed by atoms with van der Waals surface area (Å²) in [6.07, 6.45) is 1.52. The van der Waals surface area contributed by atoms with Crippen molar-refractivity contribution >= 4 is 11.9 Å². The lowest BCUT2D eigenvalue weighted by Crippen LogP contribution is -1.79. The number of phenols is 3. The molecule has 3 N–H and O–H groups in total. The summed E-state index contributed by atoms with van der Waals surface area (Å²) in [6.45, 7) is 0. The molecule has 0 fully saturated rings. The topological polar surface area (TPSA) is 73.0 Å². The van der Waals surface area contributed by atoms with Crippen molar-refractivity contribution in [1.29, 1.82) is 0 Å². The zero-order valence-electron chi connectivity index (χ0n) is 8.91. The van der Waals surface area contributed by atoms with Crippen LogP contribution in [0.4, 0.5) is 5.69 Å². The summed E-state index contributed by atoms with van der Waals surface area (Å²) in [5.74, 6) is -0.747. The minimum absolute atomic E-state index is 0.0339. The highest BCUT2D eigenvalue weighted by atomic mass is 16.3. The zero-order chi connectivity index (χ0) is 12.3. The normalized spacial score (nSPS) is 10.8. The average molecular weight is 229 g/mol. The number of hydrogen-bond acceptors (Lipinski definition) is 4. The van der Waals surface area contributed by atoms with Crippen LogP contribution in [0.5, 0.6) is 17.2 Å². The Hall–Kier alpha value is -2.49. The van der Waals surface area contributed by atoms with E-state index in [0.717, 1.165) is 17.7 Å². The molecule has 0 atom stereocenters. The minimum Gasteiger partial charge on any atom is -0.508 e. The van der Waals surface area contributed by atoms with Crippen LogP contribution in [0.3, 0.4) is 0 Å². The second-order valence-electron chi connectivity index (χ2n) is 3.50. The van der Waals surface area contributed by atoms with E-state index in [0.29, 0.717) is 0 Å². The maximum Gasteiger partial charge on any atom is 0.148 e. The smallest absolute Gasteiger partial charge is 0.148 e.